The molecule has 3 rings (SSSR count). The van der Waals surface area contributed by atoms with Crippen molar-refractivity contribution in [3.63, 3.8) is 0 Å². The maximum absolute atomic E-state index is 13.4. The number of nitrogens with zero attached hydrogens (tertiary/aromatic N) is 2. The molecule has 0 radical (unpaired) electrons. The van der Waals surface area contributed by atoms with E-state index in [1.807, 2.05) is 6.92 Å². The lowest BCUT2D eigenvalue weighted by Crippen LogP contribution is -2.50. The zero-order valence-corrected chi connectivity index (χ0v) is 19.5. The summed E-state index contributed by atoms with van der Waals surface area (Å²) < 4.78 is 34.4. The van der Waals surface area contributed by atoms with Gasteiger partial charge in [-0.05, 0) is 38.0 Å². The number of aliphatic hydroxyl groups is 1. The third-order valence-electron chi connectivity index (χ3n) is 5.85. The third-order valence-corrected chi connectivity index (χ3v) is 7.87. The number of sulfonamides is 1. The van der Waals surface area contributed by atoms with Crippen LogP contribution in [-0.4, -0.2) is 67.5 Å². The molecular weight excluding hydrogens is 416 g/mol. The number of benzene rings is 1. The van der Waals surface area contributed by atoms with Crippen LogP contribution in [0.4, 0.5) is 0 Å². The van der Waals surface area contributed by atoms with Gasteiger partial charge in [0.2, 0.25) is 15.9 Å². The van der Waals surface area contributed by atoms with E-state index in [1.165, 1.54) is 10.4 Å². The topological polar surface area (TPSA) is 87.2 Å². The van der Waals surface area contributed by atoms with Gasteiger partial charge >= 0.3 is 0 Å². The van der Waals surface area contributed by atoms with Gasteiger partial charge in [0, 0.05) is 43.5 Å². The van der Waals surface area contributed by atoms with Crippen LogP contribution >= 0.6 is 0 Å². The second-order valence-electron chi connectivity index (χ2n) is 8.57. The van der Waals surface area contributed by atoms with Crippen molar-refractivity contribution < 1.29 is 23.1 Å². The summed E-state index contributed by atoms with van der Waals surface area (Å²) in [5.41, 5.74) is 0.701. The first-order chi connectivity index (χ1) is 14.7. The van der Waals surface area contributed by atoms with Crippen molar-refractivity contribution in [2.24, 2.45) is 11.8 Å². The van der Waals surface area contributed by atoms with Gasteiger partial charge in [-0.2, -0.15) is 4.31 Å². The largest absolute Gasteiger partial charge is 0.487 e. The van der Waals surface area contributed by atoms with Crippen LogP contribution in [0.3, 0.4) is 0 Å². The fourth-order valence-corrected chi connectivity index (χ4v) is 5.40. The molecule has 0 bridgehead atoms. The number of hydrogen-bond acceptors (Lipinski definition) is 5. The molecule has 1 amide bonds. The highest BCUT2D eigenvalue weighted by Crippen LogP contribution is 2.34. The predicted octanol–water partition coefficient (Wildman–Crippen LogP) is 2.09. The van der Waals surface area contributed by atoms with Gasteiger partial charge in [-0.25, -0.2) is 8.42 Å². The van der Waals surface area contributed by atoms with Crippen LogP contribution in [0.5, 0.6) is 5.75 Å². The van der Waals surface area contributed by atoms with Crippen LogP contribution in [-0.2, 0) is 14.8 Å². The maximum Gasteiger partial charge on any atom is 0.247 e. The molecule has 0 aromatic heterocycles. The summed E-state index contributed by atoms with van der Waals surface area (Å²) in [6, 6.07) is 4.33. The Balaban J connectivity index is 2.04. The summed E-state index contributed by atoms with van der Waals surface area (Å²) in [6.45, 7) is 5.63. The minimum Gasteiger partial charge on any atom is -0.487 e. The number of likely N-dealkylation sites (N-methyl/N-ethyl adjacent to an activating group) is 1. The molecule has 1 N–H and O–H groups in total. The molecule has 0 unspecified atom stereocenters. The van der Waals surface area contributed by atoms with Crippen LogP contribution in [0.2, 0.25) is 0 Å². The second kappa shape index (κ2) is 9.60. The molecule has 1 saturated carbocycles. The Hall–Kier alpha value is -2.08. The van der Waals surface area contributed by atoms with Crippen molar-refractivity contribution in [1.29, 1.82) is 0 Å². The van der Waals surface area contributed by atoms with Gasteiger partial charge in [0.1, 0.15) is 16.7 Å². The number of amides is 1. The highest BCUT2D eigenvalue weighted by molar-refractivity contribution is 7.89. The van der Waals surface area contributed by atoms with Crippen LogP contribution in [0.25, 0.3) is 0 Å². The normalized spacial score (nSPS) is 23.9. The zero-order chi connectivity index (χ0) is 22.8. The Kier molecular flexibility index (Phi) is 7.30. The third kappa shape index (κ3) is 5.40. The highest BCUT2D eigenvalue weighted by Gasteiger charge is 2.38. The first kappa shape index (κ1) is 23.6. The van der Waals surface area contributed by atoms with Crippen molar-refractivity contribution in [1.82, 2.24) is 9.21 Å². The Morgan fingerprint density at radius 1 is 1.39 bits per heavy atom. The molecule has 1 aliphatic carbocycles. The standard InChI is InChI=1S/C23H32N2O5S/c1-5-23(27)24(4)14-21-16(2)13-25(17(3)15-26)31(28,29)22-11-10-19(12-20(22)30-21)9-8-18-6-7-18/h10-12,16-18,21,26H,5-7,13-15H2,1-4H3/t16-,17+,21-/m1/s1. The second-order valence-corrected chi connectivity index (χ2v) is 10.4. The fourth-order valence-electron chi connectivity index (χ4n) is 3.58. The van der Waals surface area contributed by atoms with E-state index in [4.69, 9.17) is 4.74 Å². The summed E-state index contributed by atoms with van der Waals surface area (Å²) in [4.78, 5) is 13.8. The molecule has 3 atom stereocenters. The first-order valence-corrected chi connectivity index (χ1v) is 12.3. The Morgan fingerprint density at radius 2 is 2.10 bits per heavy atom. The van der Waals surface area contributed by atoms with Crippen molar-refractivity contribution in [2.75, 3.05) is 26.7 Å². The predicted molar refractivity (Wildman–Crippen MR) is 118 cm³/mol. The van der Waals surface area contributed by atoms with Crippen LogP contribution in [0.1, 0.15) is 45.6 Å². The van der Waals surface area contributed by atoms with Crippen molar-refractivity contribution in [3.05, 3.63) is 23.8 Å². The van der Waals surface area contributed by atoms with E-state index in [-0.39, 0.29) is 35.6 Å². The van der Waals surface area contributed by atoms with Gasteiger partial charge in [-0.1, -0.05) is 25.7 Å². The van der Waals surface area contributed by atoms with E-state index in [1.54, 1.807) is 37.9 Å². The van der Waals surface area contributed by atoms with Gasteiger partial charge in [-0.3, -0.25) is 4.79 Å². The summed E-state index contributed by atoms with van der Waals surface area (Å²) in [6.07, 6.45) is 2.19. The van der Waals surface area contributed by atoms with E-state index in [2.05, 4.69) is 11.8 Å². The summed E-state index contributed by atoms with van der Waals surface area (Å²) in [7, 11) is -2.15. The number of rotatable bonds is 5. The van der Waals surface area contributed by atoms with Crippen LogP contribution in [0.15, 0.2) is 23.1 Å². The average molecular weight is 449 g/mol. The van der Waals surface area contributed by atoms with Crippen molar-refractivity contribution in [2.45, 2.75) is 57.1 Å². The van der Waals surface area contributed by atoms with E-state index >= 15 is 0 Å². The molecule has 1 aliphatic heterocycles. The number of ether oxygens (including phenoxy) is 1. The fraction of sp³-hybridized carbons (Fsp3) is 0.609. The Bertz CT molecular complexity index is 977. The number of fused-ring (bicyclic) bond motifs is 1. The minimum atomic E-state index is -3.88. The molecule has 31 heavy (non-hydrogen) atoms. The van der Waals surface area contributed by atoms with Gasteiger partial charge in [-0.15, -0.1) is 0 Å². The zero-order valence-electron chi connectivity index (χ0n) is 18.7. The monoisotopic (exact) mass is 448 g/mol. The molecule has 8 heteroatoms. The lowest BCUT2D eigenvalue weighted by atomic mass is 10.0. The van der Waals surface area contributed by atoms with Crippen molar-refractivity contribution in [3.8, 4) is 17.6 Å². The quantitative estimate of drug-likeness (QED) is 0.697. The summed E-state index contributed by atoms with van der Waals surface area (Å²) in [5.74, 6) is 6.76. The molecule has 0 saturated heterocycles. The van der Waals surface area contributed by atoms with E-state index in [0.717, 1.165) is 12.8 Å². The van der Waals surface area contributed by atoms with E-state index < -0.39 is 22.2 Å². The molecule has 7 nitrogen and oxygen atoms in total. The molecule has 1 fully saturated rings. The molecule has 1 aromatic carbocycles. The number of aliphatic hydroxyl groups excluding tert-OH is 1. The minimum absolute atomic E-state index is 0.00432. The summed E-state index contributed by atoms with van der Waals surface area (Å²) in [5, 5.41) is 9.70. The van der Waals surface area contributed by atoms with E-state index in [0.29, 0.717) is 24.4 Å². The molecule has 2 aliphatic rings. The van der Waals surface area contributed by atoms with E-state index in [9.17, 15) is 18.3 Å². The Labute approximate surface area is 185 Å². The summed E-state index contributed by atoms with van der Waals surface area (Å²) >= 11 is 0. The van der Waals surface area contributed by atoms with Crippen molar-refractivity contribution >= 4 is 15.9 Å². The molecular formula is C23H32N2O5S. The molecule has 170 valence electrons. The van der Waals surface area contributed by atoms with Gasteiger partial charge in [0.15, 0.2) is 0 Å². The molecule has 0 spiro atoms. The lowest BCUT2D eigenvalue weighted by molar-refractivity contribution is -0.131. The number of hydrogen-bond donors (Lipinski definition) is 1. The maximum atomic E-state index is 13.4. The highest BCUT2D eigenvalue weighted by atomic mass is 32.2. The smallest absolute Gasteiger partial charge is 0.247 e. The van der Waals surface area contributed by atoms with Gasteiger partial charge in [0.25, 0.3) is 0 Å². The van der Waals surface area contributed by atoms with Gasteiger partial charge in [0.05, 0.1) is 13.2 Å². The average Bonchev–Trinajstić information content (AvgIpc) is 3.57. The van der Waals surface area contributed by atoms with Crippen LogP contribution in [0, 0.1) is 23.7 Å². The number of carbonyl (C=O) groups is 1. The van der Waals surface area contributed by atoms with Crippen LogP contribution < -0.4 is 4.74 Å². The first-order valence-electron chi connectivity index (χ1n) is 10.9. The Morgan fingerprint density at radius 3 is 2.71 bits per heavy atom. The number of carbonyl (C=O) groups excluding carboxylic acids is 1. The SMILES string of the molecule is CCC(=O)N(C)C[C@H]1Oc2cc(C#CC3CC3)ccc2S(=O)(=O)N([C@@H](C)CO)C[C@H]1C. The molecule has 1 aromatic rings. The lowest BCUT2D eigenvalue weighted by Gasteiger charge is -2.37. The molecule has 1 heterocycles. The van der Waals surface area contributed by atoms with Gasteiger partial charge < -0.3 is 14.7 Å².